The van der Waals surface area contributed by atoms with Crippen molar-refractivity contribution in [3.63, 3.8) is 0 Å². The van der Waals surface area contributed by atoms with Gasteiger partial charge in [0.15, 0.2) is 0 Å². The number of nitrogens with two attached hydrogens (primary N) is 1. The van der Waals surface area contributed by atoms with Gasteiger partial charge in [-0.15, -0.1) is 10.2 Å². The Hall–Kier alpha value is -1.93. The molecular formula is C13H16N4O3S. The molecule has 0 radical (unpaired) electrons. The van der Waals surface area contributed by atoms with Gasteiger partial charge in [0.2, 0.25) is 0 Å². The Morgan fingerprint density at radius 3 is 2.48 bits per heavy atom. The van der Waals surface area contributed by atoms with Crippen molar-refractivity contribution in [1.29, 1.82) is 0 Å². The highest BCUT2D eigenvalue weighted by Gasteiger charge is 2.32. The van der Waals surface area contributed by atoms with E-state index in [0.29, 0.717) is 12.2 Å². The summed E-state index contributed by atoms with van der Waals surface area (Å²) in [6.07, 6.45) is 2.36. The van der Waals surface area contributed by atoms with Crippen molar-refractivity contribution in [3.8, 4) is 5.75 Å². The minimum absolute atomic E-state index is 0.140. The number of ether oxygens (including phenoxy) is 1. The Morgan fingerprint density at radius 2 is 1.95 bits per heavy atom. The average Bonchev–Trinajstić information content (AvgIpc) is 3.19. The van der Waals surface area contributed by atoms with E-state index in [9.17, 15) is 8.42 Å². The topological polar surface area (TPSA) is 100 Å². The predicted octanol–water partition coefficient (Wildman–Crippen LogP) is 0.860. The lowest BCUT2D eigenvalue weighted by atomic mass is 10.1. The second-order valence-corrected chi connectivity index (χ2v) is 6.53. The molecule has 3 rings (SSSR count). The van der Waals surface area contributed by atoms with Gasteiger partial charge in [0.05, 0.1) is 7.11 Å². The van der Waals surface area contributed by atoms with Gasteiger partial charge in [-0.3, -0.25) is 4.57 Å². The second-order valence-electron chi connectivity index (χ2n) is 5.07. The maximum atomic E-state index is 11.6. The Kier molecular flexibility index (Phi) is 3.42. The number of benzene rings is 1. The van der Waals surface area contributed by atoms with Crippen LogP contribution in [0.1, 0.15) is 30.3 Å². The smallest absolute Gasteiger partial charge is 0.273 e. The van der Waals surface area contributed by atoms with Gasteiger partial charge in [-0.25, -0.2) is 13.6 Å². The third kappa shape index (κ3) is 2.91. The zero-order chi connectivity index (χ0) is 15.0. The number of rotatable bonds is 5. The zero-order valence-electron chi connectivity index (χ0n) is 11.6. The molecular weight excluding hydrogens is 292 g/mol. The van der Waals surface area contributed by atoms with Crippen LogP contribution in [0.4, 0.5) is 0 Å². The molecule has 2 aromatic rings. The zero-order valence-corrected chi connectivity index (χ0v) is 12.4. The minimum atomic E-state index is -3.85. The molecule has 1 aromatic heterocycles. The van der Waals surface area contributed by atoms with E-state index >= 15 is 0 Å². The fourth-order valence-electron chi connectivity index (χ4n) is 2.25. The van der Waals surface area contributed by atoms with Gasteiger partial charge in [0.25, 0.3) is 15.2 Å². The highest BCUT2D eigenvalue weighted by atomic mass is 32.2. The predicted molar refractivity (Wildman–Crippen MR) is 75.5 cm³/mol. The summed E-state index contributed by atoms with van der Waals surface area (Å²) >= 11 is 0. The molecule has 2 N–H and O–H groups in total. The molecule has 0 aliphatic heterocycles. The van der Waals surface area contributed by atoms with Gasteiger partial charge in [0.1, 0.15) is 11.6 Å². The lowest BCUT2D eigenvalue weighted by molar-refractivity contribution is 0.414. The van der Waals surface area contributed by atoms with E-state index in [4.69, 9.17) is 9.88 Å². The van der Waals surface area contributed by atoms with Crippen molar-refractivity contribution in [2.45, 2.75) is 30.5 Å². The van der Waals surface area contributed by atoms with Crippen molar-refractivity contribution >= 4 is 10.0 Å². The maximum absolute atomic E-state index is 11.6. The summed E-state index contributed by atoms with van der Waals surface area (Å²) in [6, 6.07) is 7.69. The quantitative estimate of drug-likeness (QED) is 0.883. The molecule has 1 fully saturated rings. The van der Waals surface area contributed by atoms with Gasteiger partial charge < -0.3 is 4.74 Å². The van der Waals surface area contributed by atoms with Crippen molar-refractivity contribution in [1.82, 2.24) is 14.8 Å². The molecule has 0 saturated heterocycles. The van der Waals surface area contributed by atoms with Crippen LogP contribution in [0.3, 0.4) is 0 Å². The van der Waals surface area contributed by atoms with Gasteiger partial charge in [-0.1, -0.05) is 12.1 Å². The highest BCUT2D eigenvalue weighted by Crippen LogP contribution is 2.37. The Bertz CT molecular complexity index is 748. The van der Waals surface area contributed by atoms with Crippen molar-refractivity contribution in [2.24, 2.45) is 5.14 Å². The summed E-state index contributed by atoms with van der Waals surface area (Å²) in [5, 5.41) is 12.8. The molecule has 1 saturated carbocycles. The Balaban J connectivity index is 1.93. The first-order chi connectivity index (χ1) is 9.99. The van der Waals surface area contributed by atoms with Crippen LogP contribution in [-0.2, 0) is 16.4 Å². The number of primary sulfonamides is 1. The van der Waals surface area contributed by atoms with Crippen LogP contribution < -0.4 is 9.88 Å². The van der Waals surface area contributed by atoms with Gasteiger partial charge in [-0.2, -0.15) is 0 Å². The Morgan fingerprint density at radius 1 is 1.29 bits per heavy atom. The van der Waals surface area contributed by atoms with E-state index in [1.54, 1.807) is 11.7 Å². The molecule has 0 spiro atoms. The largest absolute Gasteiger partial charge is 0.497 e. The normalized spacial score (nSPS) is 15.1. The first-order valence-electron chi connectivity index (χ1n) is 6.58. The van der Waals surface area contributed by atoms with Gasteiger partial charge in [0, 0.05) is 12.5 Å². The van der Waals surface area contributed by atoms with E-state index in [1.807, 2.05) is 24.3 Å². The molecule has 8 heteroatoms. The third-order valence-electron chi connectivity index (χ3n) is 3.42. The molecule has 1 heterocycles. The first kappa shape index (κ1) is 14.0. The lowest BCUT2D eigenvalue weighted by Crippen LogP contribution is -2.19. The van der Waals surface area contributed by atoms with Crippen LogP contribution in [0.25, 0.3) is 0 Å². The molecule has 112 valence electrons. The number of aromatic nitrogens is 3. The fourth-order valence-corrected chi connectivity index (χ4v) is 2.93. The molecule has 21 heavy (non-hydrogen) atoms. The number of hydrogen-bond acceptors (Lipinski definition) is 5. The van der Waals surface area contributed by atoms with Crippen LogP contribution in [0.15, 0.2) is 29.4 Å². The molecule has 0 unspecified atom stereocenters. The monoisotopic (exact) mass is 308 g/mol. The fraction of sp³-hybridized carbons (Fsp3) is 0.385. The van der Waals surface area contributed by atoms with E-state index in [0.717, 1.165) is 24.2 Å². The molecule has 0 atom stereocenters. The summed E-state index contributed by atoms with van der Waals surface area (Å²) in [7, 11) is -2.24. The molecule has 1 aliphatic carbocycles. The highest BCUT2D eigenvalue weighted by molar-refractivity contribution is 7.89. The van der Waals surface area contributed by atoms with Gasteiger partial charge in [-0.05, 0) is 30.5 Å². The maximum Gasteiger partial charge on any atom is 0.273 e. The summed E-state index contributed by atoms with van der Waals surface area (Å²) in [5.41, 5.74) is 1.01. The molecule has 0 bridgehead atoms. The minimum Gasteiger partial charge on any atom is -0.497 e. The first-order valence-corrected chi connectivity index (χ1v) is 8.13. The average molecular weight is 308 g/mol. The van der Waals surface area contributed by atoms with Crippen LogP contribution in [-0.4, -0.2) is 30.3 Å². The van der Waals surface area contributed by atoms with E-state index in [1.165, 1.54) is 0 Å². The van der Waals surface area contributed by atoms with E-state index < -0.39 is 10.0 Å². The van der Waals surface area contributed by atoms with Crippen molar-refractivity contribution < 1.29 is 13.2 Å². The lowest BCUT2D eigenvalue weighted by Gasteiger charge is -2.08. The number of sulfonamides is 1. The Labute approximate surface area is 122 Å². The van der Waals surface area contributed by atoms with E-state index in [2.05, 4.69) is 10.2 Å². The van der Waals surface area contributed by atoms with E-state index in [-0.39, 0.29) is 11.2 Å². The SMILES string of the molecule is COc1ccc(Cc2nnc(S(N)(=O)=O)n2C2CC2)cc1. The molecule has 7 nitrogen and oxygen atoms in total. The second kappa shape index (κ2) is 5.12. The van der Waals surface area contributed by atoms with Crippen LogP contribution >= 0.6 is 0 Å². The standard InChI is InChI=1S/C13H16N4O3S/c1-20-11-6-2-9(3-7-11)8-12-15-16-13(21(14,18)19)17(12)10-4-5-10/h2-3,6-7,10H,4-5,8H2,1H3,(H2,14,18,19). The third-order valence-corrected chi connectivity index (χ3v) is 4.21. The van der Waals surface area contributed by atoms with Crippen molar-refractivity contribution in [3.05, 3.63) is 35.7 Å². The van der Waals surface area contributed by atoms with Crippen molar-refractivity contribution in [2.75, 3.05) is 7.11 Å². The summed E-state index contributed by atoms with van der Waals surface area (Å²) in [6.45, 7) is 0. The number of hydrogen-bond donors (Lipinski definition) is 1. The number of nitrogens with zero attached hydrogens (tertiary/aromatic N) is 3. The molecule has 0 amide bonds. The number of methoxy groups -OCH3 is 1. The summed E-state index contributed by atoms with van der Waals surface area (Å²) in [5.74, 6) is 1.39. The summed E-state index contributed by atoms with van der Waals surface area (Å²) in [4.78, 5) is 0. The van der Waals surface area contributed by atoms with Crippen LogP contribution in [0.5, 0.6) is 5.75 Å². The molecule has 1 aliphatic rings. The summed E-state index contributed by atoms with van der Waals surface area (Å²) < 4.78 is 29.9. The van der Waals surface area contributed by atoms with Crippen LogP contribution in [0.2, 0.25) is 0 Å². The van der Waals surface area contributed by atoms with Gasteiger partial charge >= 0.3 is 0 Å². The molecule has 1 aromatic carbocycles. The van der Waals surface area contributed by atoms with Crippen LogP contribution in [0, 0.1) is 0 Å².